The van der Waals surface area contributed by atoms with Gasteiger partial charge in [0, 0.05) is 36.6 Å². The van der Waals surface area contributed by atoms with Crippen LogP contribution in [-0.4, -0.2) is 69.9 Å². The van der Waals surface area contributed by atoms with Crippen molar-refractivity contribution in [2.45, 2.75) is 75.6 Å². The summed E-state index contributed by atoms with van der Waals surface area (Å²) < 4.78 is 41.9. The van der Waals surface area contributed by atoms with Gasteiger partial charge >= 0.3 is 5.97 Å². The van der Waals surface area contributed by atoms with Crippen molar-refractivity contribution < 1.29 is 32.5 Å². The number of aromatic carboxylic acids is 1. The second kappa shape index (κ2) is 12.2. The van der Waals surface area contributed by atoms with Crippen LogP contribution in [0, 0.1) is 11.8 Å². The third-order valence-electron chi connectivity index (χ3n) is 9.85. The number of carboxylic acids is 1. The molecule has 1 spiro atoms. The van der Waals surface area contributed by atoms with Gasteiger partial charge in [0.15, 0.2) is 0 Å². The summed E-state index contributed by atoms with van der Waals surface area (Å²) in [6.07, 6.45) is 6.03. The van der Waals surface area contributed by atoms with Crippen molar-refractivity contribution in [1.82, 2.24) is 0 Å². The maximum atomic E-state index is 12.0. The molecule has 0 amide bonds. The molecular weight excluding hydrogens is 592 g/mol. The van der Waals surface area contributed by atoms with Crippen molar-refractivity contribution in [2.24, 2.45) is 17.0 Å². The Bertz CT molecular complexity index is 1470. The molecule has 2 heterocycles. The summed E-state index contributed by atoms with van der Waals surface area (Å²) in [5.74, 6) is 0.246. The summed E-state index contributed by atoms with van der Waals surface area (Å²) in [5, 5.41) is 15.8. The number of ether oxygens (including phenoxy) is 3. The molecule has 6 atom stereocenters. The van der Waals surface area contributed by atoms with Crippen molar-refractivity contribution >= 4 is 33.3 Å². The molecule has 2 aromatic rings. The molecule has 43 heavy (non-hydrogen) atoms. The highest BCUT2D eigenvalue weighted by Gasteiger charge is 2.45. The summed E-state index contributed by atoms with van der Waals surface area (Å²) in [7, 11) is -3.61. The van der Waals surface area contributed by atoms with Crippen LogP contribution in [0.5, 0.6) is 5.75 Å². The number of rotatable bonds is 8. The third kappa shape index (κ3) is 6.68. The number of nitrogens with two attached hydrogens (primary N) is 1. The summed E-state index contributed by atoms with van der Waals surface area (Å²) in [4.78, 5) is 14.3. The first-order valence-electron chi connectivity index (χ1n) is 15.3. The lowest BCUT2D eigenvalue weighted by Crippen LogP contribution is -2.51. The molecule has 0 aromatic heterocycles. The maximum absolute atomic E-state index is 12.0. The Balaban J connectivity index is 1.24. The first-order valence-corrected chi connectivity index (χ1v) is 17.4. The highest BCUT2D eigenvalue weighted by Crippen LogP contribution is 2.47. The Labute approximate surface area is 258 Å². The van der Waals surface area contributed by atoms with E-state index in [0.717, 1.165) is 68.7 Å². The first kappa shape index (κ1) is 30.6. The number of sulfonamides is 1. The van der Waals surface area contributed by atoms with E-state index in [0.29, 0.717) is 30.8 Å². The Kier molecular flexibility index (Phi) is 8.69. The Hall–Kier alpha value is -2.37. The molecule has 1 saturated heterocycles. The van der Waals surface area contributed by atoms with E-state index in [-0.39, 0.29) is 28.9 Å². The van der Waals surface area contributed by atoms with Crippen LogP contribution < -0.4 is 14.8 Å². The van der Waals surface area contributed by atoms with E-state index in [9.17, 15) is 18.3 Å². The van der Waals surface area contributed by atoms with Crippen molar-refractivity contribution in [2.75, 3.05) is 37.0 Å². The number of carbonyl (C=O) groups is 1. The van der Waals surface area contributed by atoms with Crippen LogP contribution in [0.2, 0.25) is 5.02 Å². The molecule has 3 N–H and O–H groups in total. The number of carboxylic acid groups (broad SMARTS) is 1. The average molecular weight is 633 g/mol. The van der Waals surface area contributed by atoms with Crippen LogP contribution in [0.1, 0.15) is 66.9 Å². The molecule has 0 bridgehead atoms. The zero-order valence-corrected chi connectivity index (χ0v) is 26.1. The lowest BCUT2D eigenvalue weighted by molar-refractivity contribution is -0.126. The van der Waals surface area contributed by atoms with Gasteiger partial charge in [-0.2, -0.15) is 0 Å². The number of anilines is 1. The van der Waals surface area contributed by atoms with Gasteiger partial charge in [-0.15, -0.1) is 0 Å². The van der Waals surface area contributed by atoms with E-state index in [1.807, 2.05) is 6.07 Å². The van der Waals surface area contributed by atoms with Crippen LogP contribution in [0.25, 0.3) is 0 Å². The number of nitrogens with zero attached hydrogens (tertiary/aromatic N) is 1. The van der Waals surface area contributed by atoms with Gasteiger partial charge in [0.25, 0.3) is 0 Å². The maximum Gasteiger partial charge on any atom is 0.335 e. The lowest BCUT2D eigenvalue weighted by atomic mass is 9.67. The van der Waals surface area contributed by atoms with Gasteiger partial charge in [0.05, 0.1) is 41.9 Å². The summed E-state index contributed by atoms with van der Waals surface area (Å²) in [5.41, 5.74) is 3.37. The summed E-state index contributed by atoms with van der Waals surface area (Å²) in [6.45, 7) is 4.34. The molecule has 0 unspecified atom stereocenters. The van der Waals surface area contributed by atoms with E-state index in [2.05, 4.69) is 17.0 Å². The van der Waals surface area contributed by atoms with E-state index >= 15 is 0 Å². The Morgan fingerprint density at radius 3 is 2.81 bits per heavy atom. The van der Waals surface area contributed by atoms with E-state index in [1.165, 1.54) is 11.1 Å². The molecule has 0 radical (unpaired) electrons. The average Bonchev–Trinajstić information content (AvgIpc) is 3.07. The molecule has 234 valence electrons. The minimum Gasteiger partial charge on any atom is -0.490 e. The highest BCUT2D eigenvalue weighted by atomic mass is 35.5. The van der Waals surface area contributed by atoms with Crippen molar-refractivity contribution in [1.29, 1.82) is 0 Å². The number of halogens is 1. The van der Waals surface area contributed by atoms with Crippen LogP contribution in [-0.2, 0) is 31.3 Å². The molecule has 2 aliphatic heterocycles. The molecule has 6 rings (SSSR count). The minimum atomic E-state index is -3.61. The Morgan fingerprint density at radius 1 is 1.23 bits per heavy atom. The molecule has 1 saturated carbocycles. The predicted molar refractivity (Wildman–Crippen MR) is 165 cm³/mol. The smallest absolute Gasteiger partial charge is 0.335 e. The van der Waals surface area contributed by atoms with Crippen LogP contribution in [0.3, 0.4) is 0 Å². The second-order valence-corrected chi connectivity index (χ2v) is 15.0. The van der Waals surface area contributed by atoms with Gasteiger partial charge in [-0.05, 0) is 98.7 Å². The van der Waals surface area contributed by atoms with Crippen LogP contribution >= 0.6 is 11.6 Å². The third-order valence-corrected chi connectivity index (χ3v) is 11.0. The van der Waals surface area contributed by atoms with Gasteiger partial charge in [-0.1, -0.05) is 17.7 Å². The number of fused-ring (bicyclic) bond motifs is 3. The molecular formula is C32H41ClN2O7S. The number of benzene rings is 2. The number of hydrogen-bond donors (Lipinski definition) is 2. The molecule has 2 fully saturated rings. The molecule has 2 aliphatic carbocycles. The van der Waals surface area contributed by atoms with Gasteiger partial charge in [0.2, 0.25) is 10.0 Å². The summed E-state index contributed by atoms with van der Waals surface area (Å²) in [6, 6.07) is 11.4. The first-order chi connectivity index (χ1) is 20.5. The molecule has 2 aromatic carbocycles. The monoisotopic (exact) mass is 632 g/mol. The van der Waals surface area contributed by atoms with Crippen LogP contribution in [0.4, 0.5) is 5.69 Å². The van der Waals surface area contributed by atoms with E-state index in [4.69, 9.17) is 31.0 Å². The SMILES string of the molecule is C[C@@H](CS(N)(=O)=O)O[C@H]1CCO[C@H]([C@@H]2CC[C@H]2CN2C[C@@]3(CCCc4cc(Cl)ccc43)COc3ccc(C(=O)O)cc32)C1. The van der Waals surface area contributed by atoms with Gasteiger partial charge in [-0.3, -0.25) is 0 Å². The van der Waals surface area contributed by atoms with E-state index < -0.39 is 22.1 Å². The lowest BCUT2D eigenvalue weighted by Gasteiger charge is -2.48. The number of primary sulfonamides is 1. The fraction of sp³-hybridized carbons (Fsp3) is 0.594. The van der Waals surface area contributed by atoms with Gasteiger partial charge in [0.1, 0.15) is 5.75 Å². The normalized spacial score (nSPS) is 29.5. The Morgan fingerprint density at radius 2 is 2.07 bits per heavy atom. The zero-order valence-electron chi connectivity index (χ0n) is 24.5. The van der Waals surface area contributed by atoms with Crippen molar-refractivity contribution in [3.8, 4) is 5.75 Å². The van der Waals surface area contributed by atoms with Crippen molar-refractivity contribution in [3.63, 3.8) is 0 Å². The standard InChI is InChI=1S/C32H41ClN2O7S/c1-20(17-43(34,38)39)42-25-10-12-40-30(15-25)26-7-4-23(26)16-35-18-32(11-2-3-21-13-24(33)6-8-27(21)32)19-41-29-9-5-22(31(36)37)14-28(29)35/h5-6,8-9,13-14,20,23,25-26,30H,2-4,7,10-12,15-19H2,1H3,(H,36,37)(H2,34,38,39)/t20-,23-,25-,26+,30-,32-/m0/s1. The predicted octanol–water partition coefficient (Wildman–Crippen LogP) is 4.78. The molecule has 4 aliphatic rings. The number of aryl methyl sites for hydroxylation is 1. The van der Waals surface area contributed by atoms with Crippen LogP contribution in [0.15, 0.2) is 36.4 Å². The summed E-state index contributed by atoms with van der Waals surface area (Å²) >= 11 is 6.39. The van der Waals surface area contributed by atoms with Gasteiger partial charge < -0.3 is 24.2 Å². The topological polar surface area (TPSA) is 128 Å². The zero-order chi connectivity index (χ0) is 30.4. The quantitative estimate of drug-likeness (QED) is 0.426. The minimum absolute atomic E-state index is 0.0266. The fourth-order valence-electron chi connectivity index (χ4n) is 7.75. The highest BCUT2D eigenvalue weighted by molar-refractivity contribution is 7.89. The van der Waals surface area contributed by atoms with E-state index in [1.54, 1.807) is 25.1 Å². The molecule has 9 nitrogen and oxygen atoms in total. The fourth-order valence-corrected chi connectivity index (χ4v) is 8.68. The van der Waals surface area contributed by atoms with Crippen molar-refractivity contribution in [3.05, 3.63) is 58.1 Å². The second-order valence-electron chi connectivity index (χ2n) is 12.9. The number of hydrogen-bond acceptors (Lipinski definition) is 7. The molecule has 11 heteroatoms. The largest absolute Gasteiger partial charge is 0.490 e. The van der Waals surface area contributed by atoms with Gasteiger partial charge in [-0.25, -0.2) is 18.4 Å².